The van der Waals surface area contributed by atoms with Crippen LogP contribution >= 0.6 is 0 Å². The molecular formula is C42H21F12N3. The zero-order valence-corrected chi connectivity index (χ0v) is 28.8. The standard InChI is InChI=1S/C42H21F12N3/c1-21-5-9-27-28-10-6-24(39(43,44)45)15-34(28)56(33(27)13-21)38-19-32(42(52,53)54)31(23-4-2-3-22(14-23)20-55)18-37(38)57-35-16-25(40(46,47)48)7-11-29(35)30-12-8-26(17-36(30)57)41(49,50)51/h2-19H,1H3. The molecule has 288 valence electrons. The van der Waals surface area contributed by atoms with Gasteiger partial charge in [0.15, 0.2) is 0 Å². The number of hydrogen-bond donors (Lipinski definition) is 0. The summed E-state index contributed by atoms with van der Waals surface area (Å²) in [5, 5.41) is 10.1. The van der Waals surface area contributed by atoms with Crippen LogP contribution in [0, 0.1) is 18.3 Å². The molecule has 2 heterocycles. The Morgan fingerprint density at radius 2 is 0.877 bits per heavy atom. The topological polar surface area (TPSA) is 33.6 Å². The maximum atomic E-state index is 15.3. The van der Waals surface area contributed by atoms with Crippen molar-refractivity contribution in [1.29, 1.82) is 5.26 Å². The second-order valence-electron chi connectivity index (χ2n) is 13.5. The van der Waals surface area contributed by atoms with Crippen LogP contribution in [-0.4, -0.2) is 9.13 Å². The number of nitriles is 1. The van der Waals surface area contributed by atoms with E-state index in [-0.39, 0.29) is 49.4 Å². The predicted octanol–water partition coefficient (Wildman–Crippen LogP) is 13.8. The number of aromatic nitrogens is 2. The molecule has 0 amide bonds. The van der Waals surface area contributed by atoms with Gasteiger partial charge in [-0.2, -0.15) is 57.9 Å². The Morgan fingerprint density at radius 1 is 0.456 bits per heavy atom. The fraction of sp³-hybridized carbons (Fsp3) is 0.119. The molecule has 8 rings (SSSR count). The molecule has 3 nitrogen and oxygen atoms in total. The molecule has 0 saturated carbocycles. The minimum atomic E-state index is -5.19. The molecule has 0 fully saturated rings. The molecular weight excluding hydrogens is 774 g/mol. The van der Waals surface area contributed by atoms with Gasteiger partial charge in [-0.25, -0.2) is 0 Å². The van der Waals surface area contributed by atoms with Gasteiger partial charge in [0.1, 0.15) is 0 Å². The molecule has 0 aliphatic carbocycles. The zero-order chi connectivity index (χ0) is 41.0. The molecule has 2 aromatic heterocycles. The van der Waals surface area contributed by atoms with Crippen molar-refractivity contribution < 1.29 is 52.7 Å². The number of nitrogens with zero attached hydrogens (tertiary/aromatic N) is 3. The van der Waals surface area contributed by atoms with Gasteiger partial charge < -0.3 is 9.13 Å². The van der Waals surface area contributed by atoms with Crippen molar-refractivity contribution in [3.63, 3.8) is 0 Å². The highest BCUT2D eigenvalue weighted by Gasteiger charge is 2.38. The van der Waals surface area contributed by atoms with Crippen molar-refractivity contribution in [2.24, 2.45) is 0 Å². The Labute approximate surface area is 313 Å². The second-order valence-corrected chi connectivity index (χ2v) is 13.5. The number of aryl methyl sites for hydroxylation is 1. The molecule has 6 aromatic carbocycles. The van der Waals surface area contributed by atoms with E-state index in [1.807, 2.05) is 6.07 Å². The average molecular weight is 796 g/mol. The Morgan fingerprint density at radius 3 is 1.30 bits per heavy atom. The number of hydrogen-bond acceptors (Lipinski definition) is 1. The van der Waals surface area contributed by atoms with E-state index in [2.05, 4.69) is 0 Å². The Balaban J connectivity index is 1.65. The summed E-state index contributed by atoms with van der Waals surface area (Å²) >= 11 is 0. The Bertz CT molecular complexity index is 2920. The van der Waals surface area contributed by atoms with Gasteiger partial charge in [0, 0.05) is 21.5 Å². The van der Waals surface area contributed by atoms with Crippen molar-refractivity contribution in [3.05, 3.63) is 143 Å². The number of alkyl halides is 12. The third-order valence-electron chi connectivity index (χ3n) is 9.88. The van der Waals surface area contributed by atoms with Gasteiger partial charge in [-0.05, 0) is 90.3 Å². The van der Waals surface area contributed by atoms with E-state index >= 15 is 13.2 Å². The maximum absolute atomic E-state index is 15.3. The van der Waals surface area contributed by atoms with Crippen molar-refractivity contribution in [1.82, 2.24) is 9.13 Å². The first-order valence-corrected chi connectivity index (χ1v) is 16.8. The lowest BCUT2D eigenvalue weighted by atomic mass is 9.95. The van der Waals surface area contributed by atoms with E-state index < -0.39 is 63.9 Å². The number of rotatable bonds is 3. The maximum Gasteiger partial charge on any atom is 0.417 e. The Kier molecular flexibility index (Phi) is 8.25. The highest BCUT2D eigenvalue weighted by atomic mass is 19.4. The van der Waals surface area contributed by atoms with Gasteiger partial charge in [0.25, 0.3) is 0 Å². The van der Waals surface area contributed by atoms with E-state index in [1.54, 1.807) is 19.1 Å². The Hall–Kier alpha value is -6.43. The van der Waals surface area contributed by atoms with Crippen molar-refractivity contribution in [2.45, 2.75) is 31.6 Å². The van der Waals surface area contributed by atoms with E-state index in [4.69, 9.17) is 0 Å². The summed E-state index contributed by atoms with van der Waals surface area (Å²) in [6.45, 7) is 1.63. The molecule has 0 spiro atoms. The van der Waals surface area contributed by atoms with Crippen molar-refractivity contribution in [2.75, 3.05) is 0 Å². The van der Waals surface area contributed by atoms with E-state index in [0.29, 0.717) is 41.3 Å². The van der Waals surface area contributed by atoms with Crippen LogP contribution in [0.25, 0.3) is 66.1 Å². The summed E-state index contributed by atoms with van der Waals surface area (Å²) in [5.74, 6) is 0. The molecule has 0 aliphatic heterocycles. The van der Waals surface area contributed by atoms with Crippen LogP contribution in [0.3, 0.4) is 0 Å². The molecule has 0 saturated heterocycles. The highest BCUT2D eigenvalue weighted by Crippen LogP contribution is 2.47. The van der Waals surface area contributed by atoms with E-state index in [1.165, 1.54) is 24.3 Å². The van der Waals surface area contributed by atoms with Crippen LogP contribution in [0.15, 0.2) is 109 Å². The molecule has 0 unspecified atom stereocenters. The highest BCUT2D eigenvalue weighted by molar-refractivity contribution is 6.12. The average Bonchev–Trinajstić information content (AvgIpc) is 3.63. The van der Waals surface area contributed by atoms with Gasteiger partial charge in [-0.15, -0.1) is 0 Å². The first-order valence-electron chi connectivity index (χ1n) is 16.8. The zero-order valence-electron chi connectivity index (χ0n) is 28.8. The lowest BCUT2D eigenvalue weighted by Gasteiger charge is -2.22. The lowest BCUT2D eigenvalue weighted by molar-refractivity contribution is -0.138. The van der Waals surface area contributed by atoms with Crippen LogP contribution in [0.1, 0.15) is 33.4 Å². The van der Waals surface area contributed by atoms with E-state index in [9.17, 15) is 44.8 Å². The summed E-state index contributed by atoms with van der Waals surface area (Å²) in [4.78, 5) is 0. The number of halogens is 12. The monoisotopic (exact) mass is 795 g/mol. The summed E-state index contributed by atoms with van der Waals surface area (Å²) in [5.41, 5.74) is -7.07. The summed E-state index contributed by atoms with van der Waals surface area (Å²) in [6.07, 6.45) is -20.1. The molecule has 0 bridgehead atoms. The fourth-order valence-corrected chi connectivity index (χ4v) is 7.36. The van der Waals surface area contributed by atoms with Crippen LogP contribution in [0.2, 0.25) is 0 Å². The number of fused-ring (bicyclic) bond motifs is 6. The molecule has 8 aromatic rings. The summed E-state index contributed by atoms with van der Waals surface area (Å²) in [7, 11) is 0. The van der Waals surface area contributed by atoms with Crippen LogP contribution < -0.4 is 0 Å². The fourth-order valence-electron chi connectivity index (χ4n) is 7.36. The molecule has 0 atom stereocenters. The molecule has 15 heteroatoms. The molecule has 0 aliphatic rings. The SMILES string of the molecule is Cc1ccc2c3ccc(C(F)(F)F)cc3n(-c3cc(C(F)(F)F)c(-c4cccc(C#N)c4)cc3-n3c4cc(C(F)(F)F)ccc4c4ccc(C(F)(F)F)cc43)c2c1. The van der Waals surface area contributed by atoms with Gasteiger partial charge in [-0.1, -0.05) is 42.5 Å². The minimum absolute atomic E-state index is 0.00280. The summed E-state index contributed by atoms with van der Waals surface area (Å²) in [6, 6.07) is 20.5. The third-order valence-corrected chi connectivity index (χ3v) is 9.88. The predicted molar refractivity (Wildman–Crippen MR) is 190 cm³/mol. The smallest absolute Gasteiger partial charge is 0.307 e. The molecule has 0 N–H and O–H groups in total. The molecule has 57 heavy (non-hydrogen) atoms. The lowest BCUT2D eigenvalue weighted by Crippen LogP contribution is -2.13. The minimum Gasteiger partial charge on any atom is -0.307 e. The van der Waals surface area contributed by atoms with Crippen LogP contribution in [-0.2, 0) is 24.7 Å². The van der Waals surface area contributed by atoms with Gasteiger partial charge in [0.2, 0.25) is 0 Å². The van der Waals surface area contributed by atoms with Crippen LogP contribution in [0.5, 0.6) is 0 Å². The summed E-state index contributed by atoms with van der Waals surface area (Å²) < 4.78 is 176. The van der Waals surface area contributed by atoms with Gasteiger partial charge >= 0.3 is 24.7 Å². The van der Waals surface area contributed by atoms with Crippen molar-refractivity contribution >= 4 is 43.6 Å². The second kappa shape index (κ2) is 12.5. The third kappa shape index (κ3) is 6.29. The van der Waals surface area contributed by atoms with Crippen molar-refractivity contribution in [3.8, 4) is 28.6 Å². The van der Waals surface area contributed by atoms with Gasteiger partial charge in [0.05, 0.1) is 67.3 Å². The largest absolute Gasteiger partial charge is 0.417 e. The van der Waals surface area contributed by atoms with E-state index in [0.717, 1.165) is 51.6 Å². The van der Waals surface area contributed by atoms with Gasteiger partial charge in [-0.3, -0.25) is 0 Å². The quantitative estimate of drug-likeness (QED) is 0.164. The molecule has 0 radical (unpaired) electrons. The number of benzene rings is 6. The first kappa shape index (κ1) is 37.5. The first-order chi connectivity index (χ1) is 26.6. The van der Waals surface area contributed by atoms with Crippen LogP contribution in [0.4, 0.5) is 52.7 Å². The normalized spacial score (nSPS) is 13.0.